The molecule has 2 N–H and O–H groups in total. The van der Waals surface area contributed by atoms with Crippen LogP contribution in [0.1, 0.15) is 50.3 Å². The predicted octanol–water partition coefficient (Wildman–Crippen LogP) is 4.68. The van der Waals surface area contributed by atoms with Crippen molar-refractivity contribution in [2.24, 2.45) is 11.8 Å². The van der Waals surface area contributed by atoms with Crippen LogP contribution in [0.4, 0.5) is 14.3 Å². The fraction of sp³-hybridized carbons (Fsp3) is 0.593. The summed E-state index contributed by atoms with van der Waals surface area (Å²) in [5.74, 6) is 0.726. The second kappa shape index (κ2) is 12.1. The Labute approximate surface area is 217 Å². The van der Waals surface area contributed by atoms with Gasteiger partial charge in [0.1, 0.15) is 5.82 Å². The molecule has 1 aliphatic carbocycles. The number of thiazole rings is 1. The van der Waals surface area contributed by atoms with E-state index >= 15 is 0 Å². The van der Waals surface area contributed by atoms with Gasteiger partial charge < -0.3 is 15.1 Å². The van der Waals surface area contributed by atoms with Gasteiger partial charge in [0.05, 0.1) is 5.69 Å². The van der Waals surface area contributed by atoms with E-state index in [9.17, 15) is 14.0 Å². The summed E-state index contributed by atoms with van der Waals surface area (Å²) in [6.07, 6.45) is 5.95. The highest BCUT2D eigenvalue weighted by Gasteiger charge is 2.36. The van der Waals surface area contributed by atoms with Crippen LogP contribution < -0.4 is 10.6 Å². The van der Waals surface area contributed by atoms with Gasteiger partial charge in [-0.05, 0) is 81.5 Å². The lowest BCUT2D eigenvalue weighted by Gasteiger charge is -2.43. The Balaban J connectivity index is 1.38. The third-order valence-corrected chi connectivity index (χ3v) is 8.58. The molecule has 1 aliphatic heterocycles. The van der Waals surface area contributed by atoms with Crippen LogP contribution in [0.2, 0.25) is 0 Å². The number of urea groups is 1. The van der Waals surface area contributed by atoms with E-state index < -0.39 is 0 Å². The molecule has 196 valence electrons. The molecule has 1 aromatic heterocycles. The summed E-state index contributed by atoms with van der Waals surface area (Å²) in [5.41, 5.74) is 2.07. The molecular weight excluding hydrogens is 477 g/mol. The number of piperidine rings is 1. The number of halogens is 1. The summed E-state index contributed by atoms with van der Waals surface area (Å²) in [4.78, 5) is 33.5. The molecule has 4 atom stereocenters. The second-order valence-electron chi connectivity index (χ2n) is 10.5. The molecule has 0 spiro atoms. The Morgan fingerprint density at radius 2 is 2.00 bits per heavy atom. The maximum atomic E-state index is 13.3. The number of likely N-dealkylation sites (tertiary alicyclic amines) is 1. The van der Waals surface area contributed by atoms with Crippen molar-refractivity contribution in [2.75, 3.05) is 32.0 Å². The van der Waals surface area contributed by atoms with Crippen LogP contribution in [0.25, 0.3) is 0 Å². The van der Waals surface area contributed by atoms with Crippen molar-refractivity contribution in [3.63, 3.8) is 0 Å². The summed E-state index contributed by atoms with van der Waals surface area (Å²) in [5, 5.41) is 8.59. The molecule has 36 heavy (non-hydrogen) atoms. The highest BCUT2D eigenvalue weighted by atomic mass is 32.1. The fourth-order valence-electron chi connectivity index (χ4n) is 5.70. The SMILES string of the molecule is CC(=O)N(C)[C@@H]1CCC(CN2CCCC(Cc3ccc(F)cc3)C2)C(NC(=O)Nc2nc(C)cs2)C1. The summed E-state index contributed by atoms with van der Waals surface area (Å²) in [7, 11) is 1.85. The molecule has 3 unspecified atom stereocenters. The van der Waals surface area contributed by atoms with Crippen LogP contribution in [-0.4, -0.2) is 65.5 Å². The van der Waals surface area contributed by atoms with Gasteiger partial charge in [-0.15, -0.1) is 11.3 Å². The largest absolute Gasteiger partial charge is 0.343 e. The van der Waals surface area contributed by atoms with E-state index in [-0.39, 0.29) is 29.8 Å². The first-order chi connectivity index (χ1) is 17.3. The van der Waals surface area contributed by atoms with E-state index in [1.54, 1.807) is 19.1 Å². The maximum Gasteiger partial charge on any atom is 0.321 e. The van der Waals surface area contributed by atoms with E-state index in [2.05, 4.69) is 20.5 Å². The van der Waals surface area contributed by atoms with Gasteiger partial charge in [0.15, 0.2) is 5.13 Å². The third-order valence-electron chi connectivity index (χ3n) is 7.70. The molecule has 3 amide bonds. The number of carbonyl (C=O) groups is 2. The topological polar surface area (TPSA) is 77.6 Å². The molecule has 1 aromatic carbocycles. The second-order valence-corrected chi connectivity index (χ2v) is 11.3. The van der Waals surface area contributed by atoms with Crippen LogP contribution in [0, 0.1) is 24.6 Å². The Morgan fingerprint density at radius 1 is 1.22 bits per heavy atom. The fourth-order valence-corrected chi connectivity index (χ4v) is 6.38. The molecule has 9 heteroatoms. The number of carbonyl (C=O) groups excluding carboxylic acids is 2. The average molecular weight is 516 g/mol. The van der Waals surface area contributed by atoms with Crippen molar-refractivity contribution in [1.29, 1.82) is 0 Å². The van der Waals surface area contributed by atoms with Crippen molar-refractivity contribution in [1.82, 2.24) is 20.1 Å². The van der Waals surface area contributed by atoms with E-state index in [0.717, 1.165) is 57.4 Å². The number of nitrogens with zero attached hydrogens (tertiary/aromatic N) is 3. The quantitative estimate of drug-likeness (QED) is 0.561. The van der Waals surface area contributed by atoms with Gasteiger partial charge in [-0.1, -0.05) is 12.1 Å². The molecular formula is C27H38FN5O2S. The molecule has 4 rings (SSSR count). The molecule has 1 saturated heterocycles. The molecule has 2 aromatic rings. The lowest BCUT2D eigenvalue weighted by molar-refractivity contribution is -0.130. The van der Waals surface area contributed by atoms with Gasteiger partial charge in [0, 0.05) is 44.5 Å². The number of amides is 3. The number of benzene rings is 1. The first-order valence-corrected chi connectivity index (χ1v) is 13.8. The Bertz CT molecular complexity index is 1030. The first kappa shape index (κ1) is 26.5. The van der Waals surface area contributed by atoms with Crippen molar-refractivity contribution in [3.05, 3.63) is 46.7 Å². The van der Waals surface area contributed by atoms with Crippen LogP contribution in [0.5, 0.6) is 0 Å². The predicted molar refractivity (Wildman–Crippen MR) is 142 cm³/mol. The van der Waals surface area contributed by atoms with E-state index in [0.29, 0.717) is 17.0 Å². The van der Waals surface area contributed by atoms with Gasteiger partial charge in [-0.2, -0.15) is 0 Å². The van der Waals surface area contributed by atoms with Crippen molar-refractivity contribution < 1.29 is 14.0 Å². The van der Waals surface area contributed by atoms with Crippen LogP contribution >= 0.6 is 11.3 Å². The summed E-state index contributed by atoms with van der Waals surface area (Å²) in [6.45, 7) is 6.51. The van der Waals surface area contributed by atoms with Crippen molar-refractivity contribution >= 4 is 28.4 Å². The molecule has 1 saturated carbocycles. The number of rotatable bonds is 7. The number of aromatic nitrogens is 1. The minimum Gasteiger partial charge on any atom is -0.343 e. The zero-order valence-corrected chi connectivity index (χ0v) is 22.3. The lowest BCUT2D eigenvalue weighted by Crippen LogP contribution is -2.54. The number of aryl methyl sites for hydroxylation is 1. The highest BCUT2D eigenvalue weighted by molar-refractivity contribution is 7.13. The third kappa shape index (κ3) is 7.26. The van der Waals surface area contributed by atoms with Crippen LogP contribution in [0.15, 0.2) is 29.6 Å². The minimum absolute atomic E-state index is 0.0240. The molecule has 0 radical (unpaired) electrons. The zero-order chi connectivity index (χ0) is 25.7. The smallest absolute Gasteiger partial charge is 0.321 e. The van der Waals surface area contributed by atoms with Gasteiger partial charge in [0.25, 0.3) is 0 Å². The molecule has 0 bridgehead atoms. The average Bonchev–Trinajstić information content (AvgIpc) is 3.25. The van der Waals surface area contributed by atoms with Gasteiger partial charge in [0.2, 0.25) is 5.91 Å². The van der Waals surface area contributed by atoms with Gasteiger partial charge >= 0.3 is 6.03 Å². The van der Waals surface area contributed by atoms with Gasteiger partial charge in [-0.3, -0.25) is 10.1 Å². The maximum absolute atomic E-state index is 13.3. The summed E-state index contributed by atoms with van der Waals surface area (Å²) in [6, 6.07) is 6.73. The van der Waals surface area contributed by atoms with Crippen LogP contribution in [0.3, 0.4) is 0 Å². The molecule has 2 heterocycles. The molecule has 7 nitrogen and oxygen atoms in total. The first-order valence-electron chi connectivity index (χ1n) is 13.0. The van der Waals surface area contributed by atoms with Crippen molar-refractivity contribution in [2.45, 2.75) is 64.5 Å². The molecule has 2 aliphatic rings. The van der Waals surface area contributed by atoms with Gasteiger partial charge in [-0.25, -0.2) is 14.2 Å². The Morgan fingerprint density at radius 3 is 2.69 bits per heavy atom. The number of hydrogen-bond acceptors (Lipinski definition) is 5. The zero-order valence-electron chi connectivity index (χ0n) is 21.5. The Kier molecular flexibility index (Phi) is 8.95. The number of nitrogens with one attached hydrogen (secondary N) is 2. The minimum atomic E-state index is -0.238. The summed E-state index contributed by atoms with van der Waals surface area (Å²) < 4.78 is 13.3. The van der Waals surface area contributed by atoms with Crippen LogP contribution in [-0.2, 0) is 11.2 Å². The monoisotopic (exact) mass is 515 g/mol. The molecule has 2 fully saturated rings. The van der Waals surface area contributed by atoms with Crippen molar-refractivity contribution in [3.8, 4) is 0 Å². The normalized spacial score (nSPS) is 24.8. The van der Waals surface area contributed by atoms with E-state index in [1.807, 2.05) is 36.4 Å². The lowest BCUT2D eigenvalue weighted by atomic mass is 9.80. The Hall–Kier alpha value is -2.52. The summed E-state index contributed by atoms with van der Waals surface area (Å²) >= 11 is 1.42. The number of anilines is 1. The van der Waals surface area contributed by atoms with E-state index in [1.165, 1.54) is 23.3 Å². The number of hydrogen-bond donors (Lipinski definition) is 2. The standard InChI is InChI=1S/C27H38FN5O2S/c1-18-17-36-27(29-18)31-26(35)30-25-14-24(32(3)19(2)34)11-8-22(25)16-33-12-4-5-21(15-33)13-20-6-9-23(28)10-7-20/h6-7,9-10,17,21-22,24-25H,4-5,8,11-16H2,1-3H3,(H2,29,30,31,35)/t21?,22?,24-,25?/m1/s1. The highest BCUT2D eigenvalue weighted by Crippen LogP contribution is 2.30. The van der Waals surface area contributed by atoms with E-state index in [4.69, 9.17) is 0 Å².